The third-order valence-corrected chi connectivity index (χ3v) is 4.40. The maximum atomic E-state index is 11.9. The fourth-order valence-electron chi connectivity index (χ4n) is 1.99. The molecule has 0 radical (unpaired) electrons. The van der Waals surface area contributed by atoms with Gasteiger partial charge in [-0.25, -0.2) is 0 Å². The minimum absolute atomic E-state index is 0.00501. The quantitative estimate of drug-likeness (QED) is 0.909. The molecule has 1 N–H and O–H groups in total. The van der Waals surface area contributed by atoms with Crippen molar-refractivity contribution in [1.82, 2.24) is 14.8 Å². The van der Waals surface area contributed by atoms with Crippen molar-refractivity contribution >= 4 is 33.6 Å². The largest absolute Gasteiger partial charge is 0.349 e. The van der Waals surface area contributed by atoms with E-state index in [0.717, 1.165) is 24.1 Å². The highest BCUT2D eigenvalue weighted by Gasteiger charge is 2.12. The van der Waals surface area contributed by atoms with Crippen LogP contribution >= 0.6 is 27.7 Å². The van der Waals surface area contributed by atoms with Crippen molar-refractivity contribution in [3.05, 3.63) is 22.4 Å². The lowest BCUT2D eigenvalue weighted by molar-refractivity contribution is 0.0941. The molecule has 0 saturated carbocycles. The Labute approximate surface area is 120 Å². The van der Waals surface area contributed by atoms with Gasteiger partial charge in [0.2, 0.25) is 0 Å². The summed E-state index contributed by atoms with van der Waals surface area (Å²) in [5, 5.41) is 2.97. The van der Waals surface area contributed by atoms with Gasteiger partial charge in [-0.15, -0.1) is 0 Å². The fraction of sp³-hybridized carbons (Fsp3) is 0.583. The van der Waals surface area contributed by atoms with Crippen molar-refractivity contribution < 1.29 is 4.79 Å². The molecule has 2 heterocycles. The third-order valence-electron chi connectivity index (χ3n) is 3.02. The van der Waals surface area contributed by atoms with Gasteiger partial charge in [-0.2, -0.15) is 11.8 Å². The normalized spacial score (nSPS) is 16.8. The van der Waals surface area contributed by atoms with Gasteiger partial charge in [0, 0.05) is 55.4 Å². The van der Waals surface area contributed by atoms with Gasteiger partial charge in [0.1, 0.15) is 5.69 Å². The molecule has 1 fully saturated rings. The Kier molecular flexibility index (Phi) is 5.14. The Morgan fingerprint density at radius 2 is 2.22 bits per heavy atom. The molecule has 0 aromatic carbocycles. The minimum Gasteiger partial charge on any atom is -0.349 e. The third kappa shape index (κ3) is 3.76. The van der Waals surface area contributed by atoms with Crippen molar-refractivity contribution in [3.63, 3.8) is 0 Å². The van der Waals surface area contributed by atoms with Crippen LogP contribution in [0.4, 0.5) is 0 Å². The lowest BCUT2D eigenvalue weighted by Crippen LogP contribution is -2.39. The monoisotopic (exact) mass is 331 g/mol. The molecule has 0 unspecified atom stereocenters. The van der Waals surface area contributed by atoms with Crippen LogP contribution in [0.15, 0.2) is 16.7 Å². The van der Waals surface area contributed by atoms with Crippen LogP contribution in [-0.4, -0.2) is 53.1 Å². The summed E-state index contributed by atoms with van der Waals surface area (Å²) in [4.78, 5) is 14.3. The first-order valence-corrected chi connectivity index (χ1v) is 8.02. The van der Waals surface area contributed by atoms with Gasteiger partial charge in [0.25, 0.3) is 5.91 Å². The Hall–Kier alpha value is -0.460. The second kappa shape index (κ2) is 6.63. The summed E-state index contributed by atoms with van der Waals surface area (Å²) in [6.07, 6.45) is 1.89. The van der Waals surface area contributed by atoms with Crippen molar-refractivity contribution in [2.75, 3.05) is 37.7 Å². The van der Waals surface area contributed by atoms with E-state index in [2.05, 4.69) is 26.1 Å². The molecule has 1 aromatic heterocycles. The number of rotatable bonds is 4. The summed E-state index contributed by atoms with van der Waals surface area (Å²) in [6, 6.07) is 1.84. The topological polar surface area (TPSA) is 37.3 Å². The van der Waals surface area contributed by atoms with E-state index in [1.807, 2.05) is 35.6 Å². The number of halogens is 1. The molecule has 1 aromatic rings. The van der Waals surface area contributed by atoms with Crippen molar-refractivity contribution in [1.29, 1.82) is 0 Å². The molecule has 4 nitrogen and oxygen atoms in total. The maximum absolute atomic E-state index is 11.9. The van der Waals surface area contributed by atoms with E-state index in [9.17, 15) is 4.79 Å². The molecule has 18 heavy (non-hydrogen) atoms. The van der Waals surface area contributed by atoms with E-state index in [0.29, 0.717) is 12.2 Å². The van der Waals surface area contributed by atoms with E-state index >= 15 is 0 Å². The highest BCUT2D eigenvalue weighted by Crippen LogP contribution is 2.13. The summed E-state index contributed by atoms with van der Waals surface area (Å²) < 4.78 is 2.76. The average molecular weight is 332 g/mol. The predicted octanol–water partition coefficient (Wildman–Crippen LogP) is 1.57. The summed E-state index contributed by atoms with van der Waals surface area (Å²) in [5.41, 5.74) is 0.691. The van der Waals surface area contributed by atoms with Crippen molar-refractivity contribution in [2.24, 2.45) is 7.05 Å². The van der Waals surface area contributed by atoms with Crippen LogP contribution in [0.1, 0.15) is 10.5 Å². The number of amides is 1. The molecule has 2 rings (SSSR count). The van der Waals surface area contributed by atoms with Gasteiger partial charge in [-0.3, -0.25) is 9.69 Å². The summed E-state index contributed by atoms with van der Waals surface area (Å²) in [7, 11) is 1.88. The Morgan fingerprint density at radius 3 is 2.83 bits per heavy atom. The molecular formula is C12H18BrN3OS. The molecule has 6 heteroatoms. The number of hydrogen-bond donors (Lipinski definition) is 1. The van der Waals surface area contributed by atoms with Crippen LogP contribution in [0.5, 0.6) is 0 Å². The molecule has 1 aliphatic heterocycles. The number of carbonyl (C=O) groups is 1. The zero-order valence-electron chi connectivity index (χ0n) is 10.5. The van der Waals surface area contributed by atoms with E-state index in [1.165, 1.54) is 11.5 Å². The Bertz CT molecular complexity index is 415. The number of aromatic nitrogens is 1. The van der Waals surface area contributed by atoms with Gasteiger partial charge >= 0.3 is 0 Å². The minimum atomic E-state index is -0.00501. The van der Waals surface area contributed by atoms with Crippen molar-refractivity contribution in [2.45, 2.75) is 0 Å². The predicted molar refractivity (Wildman–Crippen MR) is 79.2 cm³/mol. The van der Waals surface area contributed by atoms with Crippen LogP contribution in [-0.2, 0) is 7.05 Å². The van der Waals surface area contributed by atoms with E-state index in [1.54, 1.807) is 0 Å². The number of carbonyl (C=O) groups excluding carboxylic acids is 1. The van der Waals surface area contributed by atoms with Crippen LogP contribution in [0, 0.1) is 0 Å². The lowest BCUT2D eigenvalue weighted by atomic mass is 10.4. The number of aryl methyl sites for hydroxylation is 1. The molecule has 0 atom stereocenters. The van der Waals surface area contributed by atoms with E-state index in [-0.39, 0.29) is 5.91 Å². The molecule has 1 aliphatic rings. The first-order chi connectivity index (χ1) is 8.66. The summed E-state index contributed by atoms with van der Waals surface area (Å²) in [5.74, 6) is 2.41. The smallest absolute Gasteiger partial charge is 0.267 e. The molecule has 1 saturated heterocycles. The van der Waals surface area contributed by atoms with Crippen LogP contribution in [0.3, 0.4) is 0 Å². The first-order valence-electron chi connectivity index (χ1n) is 6.07. The number of hydrogen-bond acceptors (Lipinski definition) is 3. The van der Waals surface area contributed by atoms with Gasteiger partial charge in [-0.05, 0) is 22.0 Å². The van der Waals surface area contributed by atoms with Gasteiger partial charge in [0.05, 0.1) is 0 Å². The average Bonchev–Trinajstić information content (AvgIpc) is 2.70. The van der Waals surface area contributed by atoms with E-state index < -0.39 is 0 Å². The maximum Gasteiger partial charge on any atom is 0.267 e. The standard InChI is InChI=1S/C12H18BrN3OS/c1-15-9-10(13)8-11(15)12(17)14-2-3-16-4-6-18-7-5-16/h8-9H,2-7H2,1H3,(H,14,17). The molecule has 1 amide bonds. The second-order valence-electron chi connectivity index (χ2n) is 4.36. The molecule has 0 bridgehead atoms. The summed E-state index contributed by atoms with van der Waals surface area (Å²) in [6.45, 7) is 3.93. The zero-order chi connectivity index (χ0) is 13.0. The van der Waals surface area contributed by atoms with Crippen LogP contribution < -0.4 is 5.32 Å². The summed E-state index contributed by atoms with van der Waals surface area (Å²) >= 11 is 5.37. The SMILES string of the molecule is Cn1cc(Br)cc1C(=O)NCCN1CCSCC1. The van der Waals surface area contributed by atoms with Crippen LogP contribution in [0.25, 0.3) is 0 Å². The number of nitrogens with zero attached hydrogens (tertiary/aromatic N) is 2. The highest BCUT2D eigenvalue weighted by molar-refractivity contribution is 9.10. The second-order valence-corrected chi connectivity index (χ2v) is 6.50. The van der Waals surface area contributed by atoms with Gasteiger partial charge in [-0.1, -0.05) is 0 Å². The Balaban J connectivity index is 1.76. The van der Waals surface area contributed by atoms with Gasteiger partial charge < -0.3 is 9.88 Å². The fourth-order valence-corrected chi connectivity index (χ4v) is 3.50. The first kappa shape index (κ1) is 14.0. The molecule has 100 valence electrons. The lowest BCUT2D eigenvalue weighted by Gasteiger charge is -2.25. The number of nitrogens with one attached hydrogen (secondary N) is 1. The molecule has 0 spiro atoms. The zero-order valence-corrected chi connectivity index (χ0v) is 12.9. The molecular weight excluding hydrogens is 314 g/mol. The van der Waals surface area contributed by atoms with E-state index in [4.69, 9.17) is 0 Å². The highest BCUT2D eigenvalue weighted by atomic mass is 79.9. The Morgan fingerprint density at radius 1 is 1.50 bits per heavy atom. The van der Waals surface area contributed by atoms with Crippen molar-refractivity contribution in [3.8, 4) is 0 Å². The van der Waals surface area contributed by atoms with Gasteiger partial charge in [0.15, 0.2) is 0 Å². The van der Waals surface area contributed by atoms with Crippen LogP contribution in [0.2, 0.25) is 0 Å². The number of thioether (sulfide) groups is 1. The molecule has 0 aliphatic carbocycles.